The van der Waals surface area contributed by atoms with Crippen LogP contribution in [-0.4, -0.2) is 19.9 Å². The van der Waals surface area contributed by atoms with Gasteiger partial charge >= 0.3 is 0 Å². The molecule has 0 bridgehead atoms. The Morgan fingerprint density at radius 1 is 1.38 bits per heavy atom. The van der Waals surface area contributed by atoms with Crippen LogP contribution < -0.4 is 5.73 Å². The van der Waals surface area contributed by atoms with Crippen LogP contribution in [0.25, 0.3) is 11.2 Å². The van der Waals surface area contributed by atoms with E-state index in [1.807, 2.05) is 0 Å². The van der Waals surface area contributed by atoms with Crippen LogP contribution >= 0.6 is 0 Å². The van der Waals surface area contributed by atoms with Crippen LogP contribution in [0.3, 0.4) is 0 Å². The number of aromatic amines is 1. The third-order valence-corrected chi connectivity index (χ3v) is 1.53. The molecule has 0 unspecified atom stereocenters. The highest BCUT2D eigenvalue weighted by molar-refractivity contribution is 5.80. The van der Waals surface area contributed by atoms with E-state index in [4.69, 9.17) is 5.73 Å². The summed E-state index contributed by atoms with van der Waals surface area (Å²) in [7, 11) is 0. The van der Waals surface area contributed by atoms with Crippen LogP contribution in [0.1, 0.15) is 12.2 Å². The highest BCUT2D eigenvalue weighted by atomic mass is 19.3. The van der Waals surface area contributed by atoms with E-state index in [2.05, 4.69) is 19.9 Å². The largest absolute Gasteiger partial charge is 0.382 e. The van der Waals surface area contributed by atoms with Crippen molar-refractivity contribution in [2.24, 2.45) is 0 Å². The predicted octanol–water partition coefficient (Wildman–Crippen LogP) is 0.873. The highest BCUT2D eigenvalue weighted by Crippen LogP contribution is 2.19. The van der Waals surface area contributed by atoms with Crippen molar-refractivity contribution < 1.29 is 8.78 Å². The Balaban J connectivity index is 2.70. The van der Waals surface area contributed by atoms with Crippen molar-refractivity contribution in [1.29, 1.82) is 0 Å². The molecule has 2 heterocycles. The number of nitrogens with zero attached hydrogens (tertiary/aromatic N) is 3. The zero-order valence-electron chi connectivity index (χ0n) is 6.33. The molecule has 3 N–H and O–H groups in total. The minimum absolute atomic E-state index is 0.0159. The van der Waals surface area contributed by atoms with Crippen LogP contribution in [0.2, 0.25) is 0 Å². The van der Waals surface area contributed by atoms with E-state index < -0.39 is 12.2 Å². The smallest absolute Gasteiger partial charge is 0.297 e. The maximum Gasteiger partial charge on any atom is 0.297 e. The number of nitrogens with one attached hydrogen (secondary N) is 1. The van der Waals surface area contributed by atoms with Gasteiger partial charge in [0.2, 0.25) is 0 Å². The van der Waals surface area contributed by atoms with Crippen LogP contribution in [0.4, 0.5) is 14.6 Å². The Hall–Kier alpha value is -1.79. The number of anilines is 1. The molecule has 0 spiro atoms. The van der Waals surface area contributed by atoms with Gasteiger partial charge in [-0.15, -0.1) is 0 Å². The SMILES string of the molecule is Nc1nc(C(F)F)nc2nc[nH]c12. The minimum atomic E-state index is -2.73. The van der Waals surface area contributed by atoms with Gasteiger partial charge in [0.15, 0.2) is 17.3 Å². The zero-order valence-corrected chi connectivity index (χ0v) is 6.33. The second kappa shape index (κ2) is 2.61. The lowest BCUT2D eigenvalue weighted by Gasteiger charge is -1.99. The van der Waals surface area contributed by atoms with Crippen molar-refractivity contribution in [3.63, 3.8) is 0 Å². The summed E-state index contributed by atoms with van der Waals surface area (Å²) in [5.74, 6) is -0.616. The van der Waals surface area contributed by atoms with Gasteiger partial charge in [0.25, 0.3) is 6.43 Å². The summed E-state index contributed by atoms with van der Waals surface area (Å²) in [6.45, 7) is 0. The van der Waals surface area contributed by atoms with E-state index in [1.165, 1.54) is 6.33 Å². The summed E-state index contributed by atoms with van der Waals surface area (Å²) in [6, 6.07) is 0. The van der Waals surface area contributed by atoms with E-state index in [9.17, 15) is 8.78 Å². The molecule has 0 atom stereocenters. The van der Waals surface area contributed by atoms with Gasteiger partial charge in [-0.1, -0.05) is 0 Å². The van der Waals surface area contributed by atoms with Crippen LogP contribution in [-0.2, 0) is 0 Å². The number of hydrogen-bond donors (Lipinski definition) is 2. The summed E-state index contributed by atoms with van der Waals surface area (Å²) in [4.78, 5) is 13.3. The molecule has 0 saturated heterocycles. The lowest BCUT2D eigenvalue weighted by atomic mass is 10.5. The molecular formula is C6H5F2N5. The molecule has 2 aromatic rings. The van der Waals surface area contributed by atoms with Crippen molar-refractivity contribution in [3.8, 4) is 0 Å². The normalized spacial score (nSPS) is 11.3. The van der Waals surface area contributed by atoms with Gasteiger partial charge in [-0.2, -0.15) is 0 Å². The molecular weight excluding hydrogens is 180 g/mol. The van der Waals surface area contributed by atoms with E-state index in [-0.39, 0.29) is 11.5 Å². The maximum absolute atomic E-state index is 12.2. The Morgan fingerprint density at radius 2 is 2.15 bits per heavy atom. The van der Waals surface area contributed by atoms with Crippen molar-refractivity contribution in [3.05, 3.63) is 12.2 Å². The van der Waals surface area contributed by atoms with Crippen LogP contribution in [0.5, 0.6) is 0 Å². The molecule has 5 nitrogen and oxygen atoms in total. The molecule has 0 amide bonds. The van der Waals surface area contributed by atoms with Gasteiger partial charge in [-0.05, 0) is 0 Å². The molecule has 0 fully saturated rings. The fourth-order valence-corrected chi connectivity index (χ4v) is 0.971. The number of H-pyrrole nitrogens is 1. The Bertz CT molecular complexity index is 438. The van der Waals surface area contributed by atoms with Crippen LogP contribution in [0.15, 0.2) is 6.33 Å². The van der Waals surface area contributed by atoms with E-state index in [0.717, 1.165) is 0 Å². The monoisotopic (exact) mass is 185 g/mol. The number of nitrogens with two attached hydrogens (primary N) is 1. The molecule has 0 aromatic carbocycles. The van der Waals surface area contributed by atoms with Gasteiger partial charge < -0.3 is 10.7 Å². The molecule has 0 saturated carbocycles. The standard InChI is InChI=1S/C6H5F2N5/c7-3(8)6-12-4(9)2-5(13-6)11-1-10-2/h1,3H,(H3,9,10,11,12,13). The number of halogens is 2. The Labute approximate surface area is 71.0 Å². The quantitative estimate of drug-likeness (QED) is 0.690. The Morgan fingerprint density at radius 3 is 2.85 bits per heavy atom. The zero-order chi connectivity index (χ0) is 9.42. The van der Waals surface area contributed by atoms with Crippen molar-refractivity contribution in [2.75, 3.05) is 5.73 Å². The number of aromatic nitrogens is 4. The summed E-state index contributed by atoms with van der Waals surface area (Å²) >= 11 is 0. The number of alkyl halides is 2. The van der Waals surface area contributed by atoms with E-state index in [0.29, 0.717) is 5.52 Å². The lowest BCUT2D eigenvalue weighted by Crippen LogP contribution is -2.01. The topological polar surface area (TPSA) is 80.5 Å². The number of imidazole rings is 1. The molecule has 13 heavy (non-hydrogen) atoms. The van der Waals surface area contributed by atoms with E-state index in [1.54, 1.807) is 0 Å². The van der Waals surface area contributed by atoms with Gasteiger partial charge in [-0.3, -0.25) is 0 Å². The average molecular weight is 185 g/mol. The Kier molecular flexibility index (Phi) is 1.57. The van der Waals surface area contributed by atoms with Gasteiger partial charge in [-0.25, -0.2) is 23.7 Å². The van der Waals surface area contributed by atoms with Gasteiger partial charge in [0, 0.05) is 0 Å². The molecule has 0 aliphatic rings. The summed E-state index contributed by atoms with van der Waals surface area (Å²) in [5, 5.41) is 0. The van der Waals surface area contributed by atoms with Gasteiger partial charge in [0.05, 0.1) is 6.33 Å². The number of hydrogen-bond acceptors (Lipinski definition) is 4. The van der Waals surface area contributed by atoms with Crippen molar-refractivity contribution in [1.82, 2.24) is 19.9 Å². The second-order valence-electron chi connectivity index (χ2n) is 2.37. The number of nitrogen functional groups attached to an aromatic ring is 1. The molecule has 0 aliphatic heterocycles. The molecule has 2 aromatic heterocycles. The summed E-state index contributed by atoms with van der Waals surface area (Å²) in [6.07, 6.45) is -1.41. The molecule has 7 heteroatoms. The third-order valence-electron chi connectivity index (χ3n) is 1.53. The maximum atomic E-state index is 12.2. The third kappa shape index (κ3) is 1.17. The minimum Gasteiger partial charge on any atom is -0.382 e. The molecule has 0 radical (unpaired) electrons. The molecule has 0 aliphatic carbocycles. The summed E-state index contributed by atoms with van der Waals surface area (Å²) in [5.41, 5.74) is 5.92. The number of fused-ring (bicyclic) bond motifs is 1. The fourth-order valence-electron chi connectivity index (χ4n) is 0.971. The molecule has 68 valence electrons. The van der Waals surface area contributed by atoms with Crippen LogP contribution in [0, 0.1) is 0 Å². The fraction of sp³-hybridized carbons (Fsp3) is 0.167. The van der Waals surface area contributed by atoms with E-state index >= 15 is 0 Å². The summed E-state index contributed by atoms with van der Waals surface area (Å²) < 4.78 is 24.3. The highest BCUT2D eigenvalue weighted by Gasteiger charge is 2.14. The first-order valence-corrected chi connectivity index (χ1v) is 3.43. The number of rotatable bonds is 1. The second-order valence-corrected chi connectivity index (χ2v) is 2.37. The van der Waals surface area contributed by atoms with Crippen molar-refractivity contribution in [2.45, 2.75) is 6.43 Å². The van der Waals surface area contributed by atoms with Gasteiger partial charge in [0.1, 0.15) is 5.52 Å². The average Bonchev–Trinajstić information content (AvgIpc) is 2.51. The first kappa shape index (κ1) is 7.84. The van der Waals surface area contributed by atoms with Crippen molar-refractivity contribution >= 4 is 17.0 Å². The molecule has 2 rings (SSSR count). The lowest BCUT2D eigenvalue weighted by molar-refractivity contribution is 0.141. The first-order valence-electron chi connectivity index (χ1n) is 3.43. The predicted molar refractivity (Wildman–Crippen MR) is 41.1 cm³/mol. The first-order chi connectivity index (χ1) is 6.18.